The number of piperidine rings is 1. The van der Waals surface area contributed by atoms with Crippen LogP contribution in [0, 0.1) is 0 Å². The van der Waals surface area contributed by atoms with Gasteiger partial charge in [-0.1, -0.05) is 30.2 Å². The monoisotopic (exact) mass is 400 g/mol. The number of nitrogens with zero attached hydrogens (tertiary/aromatic N) is 3. The maximum atomic E-state index is 12.9. The molecule has 2 heterocycles. The molecule has 0 spiro atoms. The smallest absolute Gasteiger partial charge is 0.321 e. The fraction of sp³-hybridized carbons (Fsp3) is 0.444. The molecule has 1 amide bonds. The van der Waals surface area contributed by atoms with Crippen LogP contribution in [-0.2, 0) is 19.8 Å². The zero-order valence-electron chi connectivity index (χ0n) is 14.8. The number of rotatable bonds is 4. The average Bonchev–Trinajstić information content (AvgIpc) is 2.92. The van der Waals surface area contributed by atoms with Gasteiger partial charge in [-0.05, 0) is 43.6 Å². The number of aryl methyl sites for hydroxylation is 1. The van der Waals surface area contributed by atoms with Gasteiger partial charge in [0.2, 0.25) is 0 Å². The van der Waals surface area contributed by atoms with Crippen LogP contribution in [0.4, 0.5) is 18.9 Å². The lowest BCUT2D eigenvalue weighted by Crippen LogP contribution is -2.29. The van der Waals surface area contributed by atoms with Gasteiger partial charge in [0.1, 0.15) is 10.7 Å². The molecule has 0 bridgehead atoms. The molecule has 2 aromatic rings. The number of benzene rings is 1. The highest BCUT2D eigenvalue weighted by atomic mass is 35.5. The molecule has 27 heavy (non-hydrogen) atoms. The summed E-state index contributed by atoms with van der Waals surface area (Å²) < 4.78 is 39.5. The Morgan fingerprint density at radius 2 is 1.81 bits per heavy atom. The van der Waals surface area contributed by atoms with E-state index in [-0.39, 0.29) is 5.69 Å². The third-order valence-corrected chi connectivity index (χ3v) is 4.90. The Labute approximate surface area is 160 Å². The number of hydrogen-bond acceptors (Lipinski definition) is 3. The van der Waals surface area contributed by atoms with Gasteiger partial charge in [-0.2, -0.15) is 18.3 Å². The van der Waals surface area contributed by atoms with Gasteiger partial charge in [-0.15, -0.1) is 0 Å². The van der Waals surface area contributed by atoms with Crippen LogP contribution < -0.4 is 5.32 Å². The summed E-state index contributed by atoms with van der Waals surface area (Å²) in [7, 11) is 1.25. The molecule has 1 aromatic heterocycles. The largest absolute Gasteiger partial charge is 0.436 e. The van der Waals surface area contributed by atoms with Crippen LogP contribution in [0.3, 0.4) is 0 Å². The van der Waals surface area contributed by atoms with Crippen LogP contribution in [-0.4, -0.2) is 33.7 Å². The van der Waals surface area contributed by atoms with Gasteiger partial charge in [-0.3, -0.25) is 14.4 Å². The number of likely N-dealkylation sites (tertiary alicyclic amines) is 1. The van der Waals surface area contributed by atoms with E-state index in [4.69, 9.17) is 11.6 Å². The quantitative estimate of drug-likeness (QED) is 0.831. The molecule has 0 radical (unpaired) electrons. The summed E-state index contributed by atoms with van der Waals surface area (Å²) in [5, 5.41) is 5.18. The molecule has 0 saturated carbocycles. The lowest BCUT2D eigenvalue weighted by molar-refractivity contribution is -0.141. The number of carbonyl (C=O) groups is 1. The first-order valence-corrected chi connectivity index (χ1v) is 9.06. The Morgan fingerprint density at radius 1 is 1.19 bits per heavy atom. The number of aromatic nitrogens is 2. The van der Waals surface area contributed by atoms with E-state index in [1.54, 1.807) is 12.1 Å². The van der Waals surface area contributed by atoms with Gasteiger partial charge in [0.25, 0.3) is 5.91 Å². The number of alkyl halides is 3. The molecule has 0 aliphatic carbocycles. The molecule has 1 aliphatic rings. The van der Waals surface area contributed by atoms with E-state index >= 15 is 0 Å². The molecular weight excluding hydrogens is 381 g/mol. The van der Waals surface area contributed by atoms with Crippen molar-refractivity contribution in [1.29, 1.82) is 0 Å². The fourth-order valence-corrected chi connectivity index (χ4v) is 3.54. The number of hydrogen-bond donors (Lipinski definition) is 1. The van der Waals surface area contributed by atoms with Crippen molar-refractivity contribution < 1.29 is 18.0 Å². The average molecular weight is 401 g/mol. The van der Waals surface area contributed by atoms with E-state index in [1.807, 2.05) is 12.1 Å². The van der Waals surface area contributed by atoms with Crippen molar-refractivity contribution in [2.24, 2.45) is 7.05 Å². The standard InChI is InChI=1S/C18H20ClF3N4O/c1-25-15(14(19)16(24-25)18(20,21)22)17(27)23-13-7-5-12(6-8-13)11-26-9-3-2-4-10-26/h5-8H,2-4,9-11H2,1H3,(H,23,27). The van der Waals surface area contributed by atoms with Crippen molar-refractivity contribution in [3.8, 4) is 0 Å². The summed E-state index contributed by atoms with van der Waals surface area (Å²) in [5.74, 6) is -0.741. The lowest BCUT2D eigenvalue weighted by atomic mass is 10.1. The van der Waals surface area contributed by atoms with Crippen LogP contribution in [0.1, 0.15) is 41.0 Å². The van der Waals surface area contributed by atoms with E-state index in [1.165, 1.54) is 26.3 Å². The third-order valence-electron chi connectivity index (χ3n) is 4.54. The molecule has 1 aromatic carbocycles. The van der Waals surface area contributed by atoms with E-state index in [2.05, 4.69) is 15.3 Å². The van der Waals surface area contributed by atoms with Crippen molar-refractivity contribution in [3.63, 3.8) is 0 Å². The van der Waals surface area contributed by atoms with Crippen LogP contribution in [0.2, 0.25) is 5.02 Å². The summed E-state index contributed by atoms with van der Waals surface area (Å²) in [6, 6.07) is 7.25. The number of carbonyl (C=O) groups excluding carboxylic acids is 1. The molecule has 3 rings (SSSR count). The SMILES string of the molecule is Cn1nc(C(F)(F)F)c(Cl)c1C(=O)Nc1ccc(CN2CCCCC2)cc1. The van der Waals surface area contributed by atoms with Gasteiger partial charge in [0, 0.05) is 19.3 Å². The van der Waals surface area contributed by atoms with Crippen molar-refractivity contribution in [3.05, 3.63) is 46.2 Å². The van der Waals surface area contributed by atoms with Crippen molar-refractivity contribution >= 4 is 23.2 Å². The van der Waals surface area contributed by atoms with Gasteiger partial charge < -0.3 is 5.32 Å². The third kappa shape index (κ3) is 4.62. The highest BCUT2D eigenvalue weighted by molar-refractivity contribution is 6.34. The predicted molar refractivity (Wildman–Crippen MR) is 96.7 cm³/mol. The molecule has 9 heteroatoms. The highest BCUT2D eigenvalue weighted by Gasteiger charge is 2.39. The summed E-state index contributed by atoms with van der Waals surface area (Å²) in [6.07, 6.45) is -1.03. The first-order valence-electron chi connectivity index (χ1n) is 8.68. The zero-order valence-corrected chi connectivity index (χ0v) is 15.6. The Morgan fingerprint density at radius 3 is 2.37 bits per heavy atom. The van der Waals surface area contributed by atoms with Crippen LogP contribution in [0.5, 0.6) is 0 Å². The molecule has 0 unspecified atom stereocenters. The minimum atomic E-state index is -4.72. The number of amides is 1. The minimum Gasteiger partial charge on any atom is -0.321 e. The molecule has 1 N–H and O–H groups in total. The summed E-state index contributed by atoms with van der Waals surface area (Å²) in [5.41, 5.74) is -0.00359. The molecule has 5 nitrogen and oxygen atoms in total. The van der Waals surface area contributed by atoms with Crippen LogP contribution in [0.25, 0.3) is 0 Å². The summed E-state index contributed by atoms with van der Waals surface area (Å²) in [6.45, 7) is 3.01. The molecule has 1 fully saturated rings. The maximum Gasteiger partial charge on any atom is 0.436 e. The van der Waals surface area contributed by atoms with Crippen LogP contribution >= 0.6 is 11.6 Å². The second-order valence-electron chi connectivity index (χ2n) is 6.62. The van der Waals surface area contributed by atoms with E-state index in [0.29, 0.717) is 5.69 Å². The van der Waals surface area contributed by atoms with E-state index < -0.39 is 22.8 Å². The van der Waals surface area contributed by atoms with Gasteiger partial charge >= 0.3 is 6.18 Å². The van der Waals surface area contributed by atoms with Crippen LogP contribution in [0.15, 0.2) is 24.3 Å². The molecular formula is C18H20ClF3N4O. The normalized spacial score (nSPS) is 15.7. The van der Waals surface area contributed by atoms with Gasteiger partial charge in [-0.25, -0.2) is 0 Å². The predicted octanol–water partition coefficient (Wildman–Crippen LogP) is 4.33. The Bertz CT molecular complexity index is 811. The second kappa shape index (κ2) is 7.90. The molecule has 1 saturated heterocycles. The second-order valence-corrected chi connectivity index (χ2v) is 7.00. The van der Waals surface area contributed by atoms with Crippen molar-refractivity contribution in [1.82, 2.24) is 14.7 Å². The molecule has 146 valence electrons. The van der Waals surface area contributed by atoms with E-state index in [0.717, 1.165) is 29.9 Å². The van der Waals surface area contributed by atoms with E-state index in [9.17, 15) is 18.0 Å². The topological polar surface area (TPSA) is 50.2 Å². The Kier molecular flexibility index (Phi) is 5.76. The first kappa shape index (κ1) is 19.7. The zero-order chi connectivity index (χ0) is 19.6. The maximum absolute atomic E-state index is 12.9. The molecule has 0 atom stereocenters. The molecule has 1 aliphatic heterocycles. The number of anilines is 1. The Balaban J connectivity index is 1.68. The van der Waals surface area contributed by atoms with Crippen molar-refractivity contribution in [2.75, 3.05) is 18.4 Å². The fourth-order valence-electron chi connectivity index (χ4n) is 3.19. The summed E-state index contributed by atoms with van der Waals surface area (Å²) in [4.78, 5) is 14.7. The number of nitrogens with one attached hydrogen (secondary N) is 1. The minimum absolute atomic E-state index is 0.332. The summed E-state index contributed by atoms with van der Waals surface area (Å²) >= 11 is 5.74. The Hall–Kier alpha value is -2.06. The number of halogens is 4. The lowest BCUT2D eigenvalue weighted by Gasteiger charge is -2.26. The van der Waals surface area contributed by atoms with Gasteiger partial charge in [0.15, 0.2) is 5.69 Å². The first-order chi connectivity index (χ1) is 12.8. The highest BCUT2D eigenvalue weighted by Crippen LogP contribution is 2.35. The van der Waals surface area contributed by atoms with Gasteiger partial charge in [0.05, 0.1) is 0 Å². The van der Waals surface area contributed by atoms with Crippen molar-refractivity contribution in [2.45, 2.75) is 32.0 Å².